The molecule has 2 N–H and O–H groups in total. The molecule has 0 bridgehead atoms. The van der Waals surface area contributed by atoms with Gasteiger partial charge in [0.2, 0.25) is 0 Å². The molecule has 1 aromatic rings. The Kier molecular flexibility index (Phi) is 3.84. The highest BCUT2D eigenvalue weighted by molar-refractivity contribution is 7.09. The third kappa shape index (κ3) is 3.06. The standard InChI is InChI=1S/C9H16N2OS/c1-6(12)4-10-7(2)9-8(3)11-5-13-9/h5-7,10,12H,4H2,1-3H3/t6-,7?/m0/s1. The minimum Gasteiger partial charge on any atom is -0.392 e. The second-order valence-electron chi connectivity index (χ2n) is 3.28. The maximum atomic E-state index is 9.09. The van der Waals surface area contributed by atoms with Crippen molar-refractivity contribution in [3.05, 3.63) is 16.1 Å². The van der Waals surface area contributed by atoms with Crippen LogP contribution in [0.15, 0.2) is 5.51 Å². The Hall–Kier alpha value is -0.450. The molecule has 4 heteroatoms. The van der Waals surface area contributed by atoms with Crippen LogP contribution >= 0.6 is 11.3 Å². The molecule has 3 nitrogen and oxygen atoms in total. The van der Waals surface area contributed by atoms with Crippen molar-refractivity contribution in [3.8, 4) is 0 Å². The van der Waals surface area contributed by atoms with Gasteiger partial charge >= 0.3 is 0 Å². The van der Waals surface area contributed by atoms with Crippen molar-refractivity contribution >= 4 is 11.3 Å². The van der Waals surface area contributed by atoms with E-state index in [1.54, 1.807) is 18.3 Å². The number of aryl methyl sites for hydroxylation is 1. The largest absolute Gasteiger partial charge is 0.392 e. The summed E-state index contributed by atoms with van der Waals surface area (Å²) in [4.78, 5) is 5.43. The average Bonchev–Trinajstić information content (AvgIpc) is 2.47. The highest BCUT2D eigenvalue weighted by Crippen LogP contribution is 2.20. The van der Waals surface area contributed by atoms with Crippen LogP contribution < -0.4 is 5.32 Å². The molecule has 13 heavy (non-hydrogen) atoms. The number of hydrogen-bond donors (Lipinski definition) is 2. The zero-order valence-electron chi connectivity index (χ0n) is 8.24. The molecule has 0 saturated carbocycles. The van der Waals surface area contributed by atoms with Crippen LogP contribution in [0.3, 0.4) is 0 Å². The molecule has 2 atom stereocenters. The fourth-order valence-electron chi connectivity index (χ4n) is 1.17. The molecule has 0 amide bonds. The molecule has 0 radical (unpaired) electrons. The summed E-state index contributed by atoms with van der Waals surface area (Å²) in [7, 11) is 0. The summed E-state index contributed by atoms with van der Waals surface area (Å²) in [6, 6.07) is 0.280. The predicted molar refractivity (Wildman–Crippen MR) is 54.9 cm³/mol. The number of rotatable bonds is 4. The van der Waals surface area contributed by atoms with Crippen molar-refractivity contribution in [2.45, 2.75) is 32.9 Å². The van der Waals surface area contributed by atoms with E-state index in [-0.39, 0.29) is 12.1 Å². The first-order chi connectivity index (χ1) is 6.11. The fourth-order valence-corrected chi connectivity index (χ4v) is 2.00. The highest BCUT2D eigenvalue weighted by atomic mass is 32.1. The molecule has 0 aromatic carbocycles. The maximum absolute atomic E-state index is 9.09. The summed E-state index contributed by atoms with van der Waals surface area (Å²) >= 11 is 1.65. The Morgan fingerprint density at radius 3 is 2.77 bits per heavy atom. The number of nitrogens with one attached hydrogen (secondary N) is 1. The van der Waals surface area contributed by atoms with Gasteiger partial charge in [0.05, 0.1) is 17.3 Å². The summed E-state index contributed by atoms with van der Waals surface area (Å²) < 4.78 is 0. The summed E-state index contributed by atoms with van der Waals surface area (Å²) in [6.07, 6.45) is -0.296. The molecule has 0 fully saturated rings. The SMILES string of the molecule is Cc1ncsc1C(C)NC[C@H](C)O. The molecule has 0 aliphatic rings. The lowest BCUT2D eigenvalue weighted by atomic mass is 10.2. The first kappa shape index (κ1) is 10.6. The van der Waals surface area contributed by atoms with Gasteiger partial charge in [0.1, 0.15) is 0 Å². The van der Waals surface area contributed by atoms with E-state index in [1.807, 2.05) is 12.4 Å². The van der Waals surface area contributed by atoms with Crippen LogP contribution in [0.4, 0.5) is 0 Å². The zero-order valence-corrected chi connectivity index (χ0v) is 9.06. The summed E-state index contributed by atoms with van der Waals surface area (Å²) in [5, 5.41) is 12.3. The molecule has 1 unspecified atom stereocenters. The van der Waals surface area contributed by atoms with Crippen molar-refractivity contribution in [3.63, 3.8) is 0 Å². The quantitative estimate of drug-likeness (QED) is 0.774. The number of aliphatic hydroxyl groups is 1. The Morgan fingerprint density at radius 1 is 1.62 bits per heavy atom. The zero-order chi connectivity index (χ0) is 9.84. The van der Waals surface area contributed by atoms with E-state index in [2.05, 4.69) is 17.2 Å². The number of thiazole rings is 1. The molecule has 0 aliphatic heterocycles. The third-order valence-electron chi connectivity index (χ3n) is 1.90. The lowest BCUT2D eigenvalue weighted by Gasteiger charge is -2.13. The van der Waals surface area contributed by atoms with Crippen LogP contribution in [0.1, 0.15) is 30.5 Å². The lowest BCUT2D eigenvalue weighted by Crippen LogP contribution is -2.27. The number of aromatic nitrogens is 1. The van der Waals surface area contributed by atoms with Gasteiger partial charge in [-0.25, -0.2) is 4.98 Å². The topological polar surface area (TPSA) is 45.2 Å². The van der Waals surface area contributed by atoms with Crippen molar-refractivity contribution in [2.24, 2.45) is 0 Å². The van der Waals surface area contributed by atoms with Crippen LogP contribution in [0.2, 0.25) is 0 Å². The summed E-state index contributed by atoms with van der Waals surface area (Å²) in [5.41, 5.74) is 2.93. The Bertz CT molecular complexity index is 260. The van der Waals surface area contributed by atoms with E-state index < -0.39 is 0 Å². The second kappa shape index (κ2) is 4.69. The molecule has 0 saturated heterocycles. The second-order valence-corrected chi connectivity index (χ2v) is 4.17. The van der Waals surface area contributed by atoms with Crippen molar-refractivity contribution in [2.75, 3.05) is 6.54 Å². The van der Waals surface area contributed by atoms with E-state index in [4.69, 9.17) is 5.11 Å². The van der Waals surface area contributed by atoms with E-state index >= 15 is 0 Å². The highest BCUT2D eigenvalue weighted by Gasteiger charge is 2.10. The number of hydrogen-bond acceptors (Lipinski definition) is 4. The first-order valence-electron chi connectivity index (χ1n) is 4.42. The van der Waals surface area contributed by atoms with Crippen molar-refractivity contribution < 1.29 is 5.11 Å². The van der Waals surface area contributed by atoms with Crippen LogP contribution in [-0.4, -0.2) is 22.7 Å². The Balaban J connectivity index is 2.49. The van der Waals surface area contributed by atoms with Gasteiger partial charge in [0.15, 0.2) is 0 Å². The fraction of sp³-hybridized carbons (Fsp3) is 0.667. The van der Waals surface area contributed by atoms with Gasteiger partial charge in [0.25, 0.3) is 0 Å². The van der Waals surface area contributed by atoms with Crippen LogP contribution in [0.25, 0.3) is 0 Å². The van der Waals surface area contributed by atoms with Gasteiger partial charge in [-0.1, -0.05) is 0 Å². The molecule has 0 aliphatic carbocycles. The first-order valence-corrected chi connectivity index (χ1v) is 5.30. The predicted octanol–water partition coefficient (Wildman–Crippen LogP) is 1.48. The lowest BCUT2D eigenvalue weighted by molar-refractivity contribution is 0.187. The van der Waals surface area contributed by atoms with E-state index in [0.29, 0.717) is 6.54 Å². The molecule has 74 valence electrons. The van der Waals surface area contributed by atoms with Crippen LogP contribution in [0.5, 0.6) is 0 Å². The molecular formula is C9H16N2OS. The number of nitrogens with zero attached hydrogens (tertiary/aromatic N) is 1. The van der Waals surface area contributed by atoms with Crippen molar-refractivity contribution in [1.82, 2.24) is 10.3 Å². The minimum atomic E-state index is -0.296. The molecule has 1 aromatic heterocycles. The van der Waals surface area contributed by atoms with Crippen LogP contribution in [-0.2, 0) is 0 Å². The normalized spacial score (nSPS) is 15.7. The van der Waals surface area contributed by atoms with E-state index in [1.165, 1.54) is 4.88 Å². The molecule has 0 spiro atoms. The van der Waals surface area contributed by atoms with Gasteiger partial charge in [-0.2, -0.15) is 0 Å². The maximum Gasteiger partial charge on any atom is 0.0798 e. The summed E-state index contributed by atoms with van der Waals surface area (Å²) in [6.45, 7) is 6.49. The molecular weight excluding hydrogens is 184 g/mol. The van der Waals surface area contributed by atoms with Crippen molar-refractivity contribution in [1.29, 1.82) is 0 Å². The van der Waals surface area contributed by atoms with Gasteiger partial charge < -0.3 is 10.4 Å². The third-order valence-corrected chi connectivity index (χ3v) is 3.01. The van der Waals surface area contributed by atoms with E-state index in [9.17, 15) is 0 Å². The van der Waals surface area contributed by atoms with E-state index in [0.717, 1.165) is 5.69 Å². The minimum absolute atomic E-state index is 0.280. The smallest absolute Gasteiger partial charge is 0.0798 e. The average molecular weight is 200 g/mol. The van der Waals surface area contributed by atoms with Crippen LogP contribution in [0, 0.1) is 6.92 Å². The molecule has 1 rings (SSSR count). The van der Waals surface area contributed by atoms with Gasteiger partial charge in [-0.15, -0.1) is 11.3 Å². The van der Waals surface area contributed by atoms with Gasteiger partial charge in [-0.05, 0) is 20.8 Å². The van der Waals surface area contributed by atoms with Gasteiger partial charge in [-0.3, -0.25) is 0 Å². The Labute approximate surface area is 82.8 Å². The van der Waals surface area contributed by atoms with Gasteiger partial charge in [0, 0.05) is 17.5 Å². The number of aliphatic hydroxyl groups excluding tert-OH is 1. The Morgan fingerprint density at radius 2 is 2.31 bits per heavy atom. The monoisotopic (exact) mass is 200 g/mol. The molecule has 1 heterocycles. The summed E-state index contributed by atoms with van der Waals surface area (Å²) in [5.74, 6) is 0.